The average Bonchev–Trinajstić information content (AvgIpc) is 2.15. The first kappa shape index (κ1) is 12.8. The van der Waals surface area contributed by atoms with Crippen LogP contribution in [0, 0.1) is 12.8 Å². The molecule has 0 aromatic carbocycles. The predicted molar refractivity (Wildman–Crippen MR) is 51.1 cm³/mol. The van der Waals surface area contributed by atoms with E-state index in [2.05, 4.69) is 6.92 Å². The van der Waals surface area contributed by atoms with Crippen molar-refractivity contribution >= 4 is 0 Å². The maximum Gasteiger partial charge on any atom is 0.310 e. The number of rotatable bonds is 4. The molecule has 1 rings (SSSR count). The fourth-order valence-corrected chi connectivity index (χ4v) is 2.04. The first-order valence-corrected chi connectivity index (χ1v) is 5.44. The third-order valence-electron chi connectivity index (χ3n) is 3.13. The molecule has 4 heteroatoms. The fourth-order valence-electron chi connectivity index (χ4n) is 2.04. The zero-order valence-corrected chi connectivity index (χ0v) is 8.75. The van der Waals surface area contributed by atoms with Gasteiger partial charge in [0.25, 0.3) is 0 Å². The van der Waals surface area contributed by atoms with Gasteiger partial charge in [-0.25, -0.2) is 0 Å². The lowest BCUT2D eigenvalue weighted by molar-refractivity contribution is -0.186. The molecule has 0 heterocycles. The molecule has 0 aromatic rings. The standard InChI is InChI=1S/C11H17F4/c1-10(12,13)11(14,15)8-7-9-5-3-2-4-6-9/h9H,1-8H2. The minimum absolute atomic E-state index is 0.193. The Balaban J connectivity index is 2.35. The molecule has 1 saturated carbocycles. The van der Waals surface area contributed by atoms with Crippen molar-refractivity contribution in [2.75, 3.05) is 0 Å². The Morgan fingerprint density at radius 2 is 1.53 bits per heavy atom. The van der Waals surface area contributed by atoms with Gasteiger partial charge in [0.1, 0.15) is 0 Å². The van der Waals surface area contributed by atoms with Gasteiger partial charge in [-0.3, -0.25) is 0 Å². The number of halogens is 4. The summed E-state index contributed by atoms with van der Waals surface area (Å²) in [6.45, 7) is 2.22. The molecule has 0 aliphatic heterocycles. The zero-order chi connectivity index (χ0) is 11.5. The van der Waals surface area contributed by atoms with Crippen molar-refractivity contribution in [3.8, 4) is 0 Å². The Kier molecular flexibility index (Phi) is 4.01. The first-order valence-electron chi connectivity index (χ1n) is 5.44. The minimum Gasteiger partial charge on any atom is -0.200 e. The van der Waals surface area contributed by atoms with Crippen LogP contribution in [0.1, 0.15) is 44.9 Å². The third-order valence-corrected chi connectivity index (χ3v) is 3.13. The Labute approximate surface area is 88.0 Å². The highest BCUT2D eigenvalue weighted by molar-refractivity contribution is 4.87. The average molecular weight is 225 g/mol. The van der Waals surface area contributed by atoms with Gasteiger partial charge in [0.2, 0.25) is 0 Å². The highest BCUT2D eigenvalue weighted by atomic mass is 19.3. The molecule has 0 nitrogen and oxygen atoms in total. The molecule has 0 unspecified atom stereocenters. The van der Waals surface area contributed by atoms with Gasteiger partial charge in [-0.05, 0) is 12.3 Å². The van der Waals surface area contributed by atoms with Gasteiger partial charge >= 0.3 is 11.8 Å². The summed E-state index contributed by atoms with van der Waals surface area (Å²) in [5, 5.41) is 0. The first-order chi connectivity index (χ1) is 6.83. The molecule has 1 aliphatic rings. The van der Waals surface area contributed by atoms with E-state index in [1.54, 1.807) is 0 Å². The van der Waals surface area contributed by atoms with E-state index in [9.17, 15) is 17.6 Å². The largest absolute Gasteiger partial charge is 0.310 e. The smallest absolute Gasteiger partial charge is 0.200 e. The Bertz CT molecular complexity index is 189. The molecular weight excluding hydrogens is 208 g/mol. The van der Waals surface area contributed by atoms with E-state index in [1.807, 2.05) is 0 Å². The van der Waals surface area contributed by atoms with E-state index < -0.39 is 18.3 Å². The lowest BCUT2D eigenvalue weighted by Crippen LogP contribution is -2.38. The van der Waals surface area contributed by atoms with Crippen molar-refractivity contribution in [2.24, 2.45) is 5.92 Å². The maximum atomic E-state index is 12.9. The van der Waals surface area contributed by atoms with Gasteiger partial charge in [0.05, 0.1) is 0 Å². The van der Waals surface area contributed by atoms with Crippen LogP contribution in [0.4, 0.5) is 17.6 Å². The van der Waals surface area contributed by atoms with Crippen molar-refractivity contribution in [3.05, 3.63) is 6.92 Å². The highest BCUT2D eigenvalue weighted by Gasteiger charge is 2.51. The molecule has 0 aromatic heterocycles. The molecule has 0 saturated heterocycles. The van der Waals surface area contributed by atoms with Crippen molar-refractivity contribution in [2.45, 2.75) is 56.8 Å². The number of alkyl halides is 4. The van der Waals surface area contributed by atoms with Crippen LogP contribution in [0.15, 0.2) is 0 Å². The summed E-state index contributed by atoms with van der Waals surface area (Å²) in [5.74, 6) is -7.89. The number of hydrogen-bond acceptors (Lipinski definition) is 0. The molecule has 0 atom stereocenters. The zero-order valence-electron chi connectivity index (χ0n) is 8.75. The summed E-state index contributed by atoms with van der Waals surface area (Å²) in [7, 11) is 0. The van der Waals surface area contributed by atoms with Crippen LogP contribution in [0.5, 0.6) is 0 Å². The number of hydrogen-bond donors (Lipinski definition) is 0. The van der Waals surface area contributed by atoms with Gasteiger partial charge in [-0.15, -0.1) is 0 Å². The molecule has 1 radical (unpaired) electrons. The van der Waals surface area contributed by atoms with Crippen molar-refractivity contribution in [1.29, 1.82) is 0 Å². The van der Waals surface area contributed by atoms with Crippen LogP contribution in [0.2, 0.25) is 0 Å². The monoisotopic (exact) mass is 225 g/mol. The Hall–Kier alpha value is -0.280. The Morgan fingerprint density at radius 3 is 2.00 bits per heavy atom. The molecular formula is C11H17F4. The van der Waals surface area contributed by atoms with Crippen LogP contribution in [0.3, 0.4) is 0 Å². The van der Waals surface area contributed by atoms with Crippen LogP contribution in [0.25, 0.3) is 0 Å². The normalized spacial score (nSPS) is 20.6. The predicted octanol–water partition coefficient (Wildman–Crippen LogP) is 4.45. The minimum atomic E-state index is -4.14. The summed E-state index contributed by atoms with van der Waals surface area (Å²) < 4.78 is 50.5. The van der Waals surface area contributed by atoms with Crippen molar-refractivity contribution in [3.63, 3.8) is 0 Å². The van der Waals surface area contributed by atoms with Gasteiger partial charge in [-0.1, -0.05) is 32.1 Å². The van der Waals surface area contributed by atoms with Gasteiger partial charge in [0, 0.05) is 13.3 Å². The van der Waals surface area contributed by atoms with Crippen LogP contribution in [-0.2, 0) is 0 Å². The van der Waals surface area contributed by atoms with E-state index in [0.29, 0.717) is 0 Å². The second-order valence-corrected chi connectivity index (χ2v) is 4.45. The second kappa shape index (κ2) is 4.71. The highest BCUT2D eigenvalue weighted by Crippen LogP contribution is 2.39. The molecule has 1 fully saturated rings. The van der Waals surface area contributed by atoms with Crippen molar-refractivity contribution in [1.82, 2.24) is 0 Å². The van der Waals surface area contributed by atoms with Crippen LogP contribution < -0.4 is 0 Å². The molecule has 0 amide bonds. The maximum absolute atomic E-state index is 12.9. The second-order valence-electron chi connectivity index (χ2n) is 4.45. The molecule has 0 bridgehead atoms. The fraction of sp³-hybridized carbons (Fsp3) is 0.909. The van der Waals surface area contributed by atoms with E-state index in [1.165, 1.54) is 0 Å². The summed E-state index contributed by atoms with van der Waals surface area (Å²) in [5.41, 5.74) is 0. The molecule has 89 valence electrons. The van der Waals surface area contributed by atoms with Gasteiger partial charge in [0.15, 0.2) is 0 Å². The quantitative estimate of drug-likeness (QED) is 0.620. The lowest BCUT2D eigenvalue weighted by Gasteiger charge is -2.27. The van der Waals surface area contributed by atoms with E-state index in [4.69, 9.17) is 0 Å². The van der Waals surface area contributed by atoms with Crippen LogP contribution >= 0.6 is 0 Å². The molecule has 15 heavy (non-hydrogen) atoms. The lowest BCUT2D eigenvalue weighted by atomic mass is 9.85. The SMILES string of the molecule is [CH2]C(F)(F)C(F)(F)CCC1CCCCC1. The molecule has 1 aliphatic carbocycles. The van der Waals surface area contributed by atoms with Crippen molar-refractivity contribution < 1.29 is 17.6 Å². The van der Waals surface area contributed by atoms with Gasteiger partial charge in [-0.2, -0.15) is 17.6 Å². The van der Waals surface area contributed by atoms with E-state index in [-0.39, 0.29) is 12.3 Å². The molecule has 0 N–H and O–H groups in total. The van der Waals surface area contributed by atoms with Gasteiger partial charge < -0.3 is 0 Å². The summed E-state index contributed by atoms with van der Waals surface area (Å²) in [6.07, 6.45) is 4.47. The summed E-state index contributed by atoms with van der Waals surface area (Å²) in [4.78, 5) is 0. The summed E-state index contributed by atoms with van der Waals surface area (Å²) in [6, 6.07) is 0. The summed E-state index contributed by atoms with van der Waals surface area (Å²) >= 11 is 0. The van der Waals surface area contributed by atoms with E-state index >= 15 is 0 Å². The molecule has 0 spiro atoms. The Morgan fingerprint density at radius 1 is 1.00 bits per heavy atom. The topological polar surface area (TPSA) is 0 Å². The van der Waals surface area contributed by atoms with Crippen LogP contribution in [-0.4, -0.2) is 11.8 Å². The third kappa shape index (κ3) is 3.65. The van der Waals surface area contributed by atoms with E-state index in [0.717, 1.165) is 32.1 Å².